The fraction of sp³-hybridized carbons (Fsp3) is 0.263. The van der Waals surface area contributed by atoms with Crippen molar-refractivity contribution >= 4 is 23.3 Å². The third-order valence-electron chi connectivity index (χ3n) is 4.32. The molecular formula is C19H25N7. The van der Waals surface area contributed by atoms with Gasteiger partial charge in [0, 0.05) is 38.4 Å². The number of hydrogen-bond acceptors (Lipinski definition) is 3. The zero-order valence-corrected chi connectivity index (χ0v) is 14.8. The second-order valence-corrected chi connectivity index (χ2v) is 6.27. The van der Waals surface area contributed by atoms with E-state index in [1.807, 2.05) is 12.1 Å². The van der Waals surface area contributed by atoms with Crippen molar-refractivity contribution in [1.82, 2.24) is 4.90 Å². The Morgan fingerprint density at radius 3 is 2.12 bits per heavy atom. The van der Waals surface area contributed by atoms with Crippen molar-refractivity contribution in [3.8, 4) is 0 Å². The Labute approximate surface area is 153 Å². The number of benzene rings is 2. The van der Waals surface area contributed by atoms with E-state index in [0.717, 1.165) is 38.4 Å². The van der Waals surface area contributed by atoms with Crippen LogP contribution in [0.3, 0.4) is 0 Å². The lowest BCUT2D eigenvalue weighted by molar-refractivity contribution is 0.250. The zero-order valence-electron chi connectivity index (χ0n) is 14.8. The van der Waals surface area contributed by atoms with Gasteiger partial charge < -0.3 is 22.1 Å². The van der Waals surface area contributed by atoms with Gasteiger partial charge in [-0.3, -0.25) is 4.90 Å². The van der Waals surface area contributed by atoms with E-state index in [1.165, 1.54) is 11.3 Å². The SMILES string of the molecule is NC(N)=NC(N)=Nc1ccc(N2CCN(Cc3ccccc3)CC2)cc1. The van der Waals surface area contributed by atoms with E-state index in [4.69, 9.17) is 17.2 Å². The molecule has 0 spiro atoms. The first-order chi connectivity index (χ1) is 12.6. The number of nitrogens with two attached hydrogens (primary N) is 3. The Kier molecular flexibility index (Phi) is 5.70. The van der Waals surface area contributed by atoms with Crippen molar-refractivity contribution in [3.05, 3.63) is 60.2 Å². The summed E-state index contributed by atoms with van der Waals surface area (Å²) in [6.45, 7) is 5.11. The molecule has 0 saturated carbocycles. The van der Waals surface area contributed by atoms with E-state index in [-0.39, 0.29) is 11.9 Å². The summed E-state index contributed by atoms with van der Waals surface area (Å²) in [5, 5.41) is 0. The summed E-state index contributed by atoms with van der Waals surface area (Å²) >= 11 is 0. The Balaban J connectivity index is 1.55. The van der Waals surface area contributed by atoms with Crippen molar-refractivity contribution < 1.29 is 0 Å². The Morgan fingerprint density at radius 1 is 0.846 bits per heavy atom. The number of rotatable bonds is 4. The number of piperazine rings is 1. The van der Waals surface area contributed by atoms with Gasteiger partial charge in [-0.25, -0.2) is 4.99 Å². The maximum atomic E-state index is 5.65. The topological polar surface area (TPSA) is 109 Å². The number of nitrogens with zero attached hydrogens (tertiary/aromatic N) is 4. The molecular weight excluding hydrogens is 326 g/mol. The van der Waals surface area contributed by atoms with E-state index >= 15 is 0 Å². The highest BCUT2D eigenvalue weighted by atomic mass is 15.3. The summed E-state index contributed by atoms with van der Waals surface area (Å²) in [5.74, 6) is -0.0523. The van der Waals surface area contributed by atoms with Crippen molar-refractivity contribution in [2.45, 2.75) is 6.54 Å². The van der Waals surface area contributed by atoms with E-state index in [1.54, 1.807) is 0 Å². The summed E-state index contributed by atoms with van der Waals surface area (Å²) < 4.78 is 0. The normalized spacial score (nSPS) is 15.7. The maximum absolute atomic E-state index is 5.65. The van der Waals surface area contributed by atoms with Crippen LogP contribution in [0.2, 0.25) is 0 Å². The molecule has 26 heavy (non-hydrogen) atoms. The molecule has 136 valence electrons. The largest absolute Gasteiger partial charge is 0.370 e. The molecule has 0 aliphatic carbocycles. The van der Waals surface area contributed by atoms with E-state index < -0.39 is 0 Å². The molecule has 2 aromatic rings. The standard InChI is InChI=1S/C19H25N7/c20-18(21)24-19(22)23-16-6-8-17(9-7-16)26-12-10-25(11-13-26)14-15-4-2-1-3-5-15/h1-9H,10-14H2,(H6,20,21,22,23,24). The average molecular weight is 351 g/mol. The van der Waals surface area contributed by atoms with Gasteiger partial charge in [0.2, 0.25) is 5.96 Å². The second-order valence-electron chi connectivity index (χ2n) is 6.27. The minimum absolute atomic E-state index is 0.0484. The predicted octanol–water partition coefficient (Wildman–Crippen LogP) is 1.23. The zero-order chi connectivity index (χ0) is 18.4. The molecule has 6 N–H and O–H groups in total. The molecule has 0 radical (unpaired) electrons. The minimum Gasteiger partial charge on any atom is -0.370 e. The lowest BCUT2D eigenvalue weighted by Gasteiger charge is -2.36. The van der Waals surface area contributed by atoms with Gasteiger partial charge in [0.1, 0.15) is 0 Å². The van der Waals surface area contributed by atoms with Crippen LogP contribution in [0.1, 0.15) is 5.56 Å². The predicted molar refractivity (Wildman–Crippen MR) is 107 cm³/mol. The molecule has 3 rings (SSSR count). The third-order valence-corrected chi connectivity index (χ3v) is 4.32. The van der Waals surface area contributed by atoms with Gasteiger partial charge in [0.05, 0.1) is 5.69 Å². The lowest BCUT2D eigenvalue weighted by atomic mass is 10.2. The van der Waals surface area contributed by atoms with E-state index in [9.17, 15) is 0 Å². The third kappa shape index (κ3) is 4.97. The molecule has 0 bridgehead atoms. The summed E-state index contributed by atoms with van der Waals surface area (Å²) in [5.41, 5.74) is 19.5. The van der Waals surface area contributed by atoms with Gasteiger partial charge in [0.25, 0.3) is 0 Å². The molecule has 1 fully saturated rings. The summed E-state index contributed by atoms with van der Waals surface area (Å²) in [6, 6.07) is 18.5. The van der Waals surface area contributed by atoms with Crippen LogP contribution in [0.4, 0.5) is 11.4 Å². The number of guanidine groups is 2. The van der Waals surface area contributed by atoms with Crippen LogP contribution in [-0.2, 0) is 6.54 Å². The van der Waals surface area contributed by atoms with Crippen LogP contribution in [0.15, 0.2) is 64.6 Å². The van der Waals surface area contributed by atoms with Crippen molar-refractivity contribution in [3.63, 3.8) is 0 Å². The van der Waals surface area contributed by atoms with Crippen LogP contribution in [0.5, 0.6) is 0 Å². The number of hydrogen-bond donors (Lipinski definition) is 3. The van der Waals surface area contributed by atoms with Gasteiger partial charge in [0.15, 0.2) is 5.96 Å². The van der Waals surface area contributed by atoms with Crippen LogP contribution in [-0.4, -0.2) is 43.0 Å². The molecule has 2 aromatic carbocycles. The highest BCUT2D eigenvalue weighted by Crippen LogP contribution is 2.21. The summed E-state index contributed by atoms with van der Waals surface area (Å²) in [6.07, 6.45) is 0. The fourth-order valence-electron chi connectivity index (χ4n) is 3.03. The molecule has 0 amide bonds. The van der Waals surface area contributed by atoms with E-state index in [0.29, 0.717) is 0 Å². The van der Waals surface area contributed by atoms with Crippen LogP contribution in [0, 0.1) is 0 Å². The van der Waals surface area contributed by atoms with Gasteiger partial charge >= 0.3 is 0 Å². The molecule has 7 nitrogen and oxygen atoms in total. The fourth-order valence-corrected chi connectivity index (χ4v) is 3.03. The van der Waals surface area contributed by atoms with E-state index in [2.05, 4.69) is 62.2 Å². The molecule has 0 aromatic heterocycles. The highest BCUT2D eigenvalue weighted by Gasteiger charge is 2.17. The van der Waals surface area contributed by atoms with Crippen LogP contribution < -0.4 is 22.1 Å². The van der Waals surface area contributed by atoms with Gasteiger partial charge in [-0.2, -0.15) is 4.99 Å². The Bertz CT molecular complexity index is 756. The Hall–Kier alpha value is -3.06. The number of aliphatic imine (C=N–C) groups is 2. The molecule has 0 unspecified atom stereocenters. The lowest BCUT2D eigenvalue weighted by Crippen LogP contribution is -2.45. The van der Waals surface area contributed by atoms with Gasteiger partial charge in [-0.05, 0) is 29.8 Å². The van der Waals surface area contributed by atoms with Gasteiger partial charge in [-0.15, -0.1) is 0 Å². The molecule has 1 heterocycles. The quantitative estimate of drug-likeness (QED) is 0.567. The Morgan fingerprint density at radius 2 is 1.50 bits per heavy atom. The number of anilines is 1. The van der Waals surface area contributed by atoms with Crippen molar-refractivity contribution in [2.75, 3.05) is 31.1 Å². The van der Waals surface area contributed by atoms with Crippen LogP contribution >= 0.6 is 0 Å². The van der Waals surface area contributed by atoms with Crippen molar-refractivity contribution in [1.29, 1.82) is 0 Å². The highest BCUT2D eigenvalue weighted by molar-refractivity contribution is 5.93. The monoisotopic (exact) mass is 351 g/mol. The van der Waals surface area contributed by atoms with Gasteiger partial charge in [-0.1, -0.05) is 30.3 Å². The molecule has 1 aliphatic heterocycles. The maximum Gasteiger partial charge on any atom is 0.223 e. The first-order valence-corrected chi connectivity index (χ1v) is 8.65. The smallest absolute Gasteiger partial charge is 0.223 e. The molecule has 7 heteroatoms. The minimum atomic E-state index is -0.101. The molecule has 0 atom stereocenters. The molecule has 1 aliphatic rings. The first kappa shape index (κ1) is 17.8. The van der Waals surface area contributed by atoms with Crippen LogP contribution in [0.25, 0.3) is 0 Å². The average Bonchev–Trinajstić information content (AvgIpc) is 2.63. The molecule has 1 saturated heterocycles. The summed E-state index contributed by atoms with van der Waals surface area (Å²) in [4.78, 5) is 12.7. The van der Waals surface area contributed by atoms with Crippen molar-refractivity contribution in [2.24, 2.45) is 27.2 Å². The second kappa shape index (κ2) is 8.35. The first-order valence-electron chi connectivity index (χ1n) is 8.65. The summed E-state index contributed by atoms with van der Waals surface area (Å²) in [7, 11) is 0.